The van der Waals surface area contributed by atoms with Crippen molar-refractivity contribution in [1.29, 1.82) is 0 Å². The van der Waals surface area contributed by atoms with Crippen LogP contribution in [0.5, 0.6) is 11.5 Å². The van der Waals surface area contributed by atoms with Gasteiger partial charge in [0.1, 0.15) is 6.61 Å². The molecular weight excluding hydrogens is 411 g/mol. The number of benzene rings is 2. The number of H-pyrrole nitrogens is 1. The monoisotopic (exact) mass is 431 g/mol. The fraction of sp³-hybridized carbons (Fsp3) is 0.273. The lowest BCUT2D eigenvalue weighted by Crippen LogP contribution is -2.23. The van der Waals surface area contributed by atoms with E-state index in [2.05, 4.69) is 15.5 Å². The molecule has 1 amide bonds. The SMILES string of the molecule is COc1cc(C2CC(=O)Nc3n[nH]c(C)c32)ccc1OCc1cccc(C(F)(F)F)c1. The Labute approximate surface area is 176 Å². The van der Waals surface area contributed by atoms with Crippen molar-refractivity contribution in [2.24, 2.45) is 0 Å². The number of nitrogens with one attached hydrogen (secondary N) is 2. The Morgan fingerprint density at radius 3 is 2.71 bits per heavy atom. The van der Waals surface area contributed by atoms with E-state index in [4.69, 9.17) is 9.47 Å². The lowest BCUT2D eigenvalue weighted by molar-refractivity contribution is -0.137. The number of anilines is 1. The van der Waals surface area contributed by atoms with Gasteiger partial charge in [-0.15, -0.1) is 0 Å². The summed E-state index contributed by atoms with van der Waals surface area (Å²) >= 11 is 0. The largest absolute Gasteiger partial charge is 0.493 e. The molecule has 9 heteroatoms. The number of ether oxygens (including phenoxy) is 2. The molecule has 0 radical (unpaired) electrons. The molecule has 6 nitrogen and oxygen atoms in total. The maximum Gasteiger partial charge on any atom is 0.416 e. The summed E-state index contributed by atoms with van der Waals surface area (Å²) in [6, 6.07) is 10.3. The number of aromatic nitrogens is 2. The number of alkyl halides is 3. The third kappa shape index (κ3) is 4.21. The van der Waals surface area contributed by atoms with Gasteiger partial charge in [0, 0.05) is 23.6 Å². The van der Waals surface area contributed by atoms with E-state index in [0.717, 1.165) is 29.0 Å². The summed E-state index contributed by atoms with van der Waals surface area (Å²) in [4.78, 5) is 12.1. The predicted molar refractivity (Wildman–Crippen MR) is 107 cm³/mol. The third-order valence-corrected chi connectivity index (χ3v) is 5.23. The van der Waals surface area contributed by atoms with Crippen LogP contribution in [-0.2, 0) is 17.6 Å². The first kappa shape index (κ1) is 20.8. The zero-order valence-corrected chi connectivity index (χ0v) is 16.8. The second kappa shape index (κ2) is 7.98. The van der Waals surface area contributed by atoms with Gasteiger partial charge < -0.3 is 14.8 Å². The molecule has 0 spiro atoms. The number of amides is 1. The zero-order valence-electron chi connectivity index (χ0n) is 16.8. The highest BCUT2D eigenvalue weighted by Gasteiger charge is 2.31. The summed E-state index contributed by atoms with van der Waals surface area (Å²) in [6.45, 7) is 1.84. The number of nitrogens with zero attached hydrogens (tertiary/aromatic N) is 1. The average molecular weight is 431 g/mol. The minimum absolute atomic E-state index is 0.0452. The van der Waals surface area contributed by atoms with Gasteiger partial charge in [0.05, 0.1) is 12.7 Å². The van der Waals surface area contributed by atoms with Gasteiger partial charge >= 0.3 is 6.18 Å². The van der Waals surface area contributed by atoms with Crippen LogP contribution in [0.15, 0.2) is 42.5 Å². The maximum atomic E-state index is 12.9. The Morgan fingerprint density at radius 2 is 1.97 bits per heavy atom. The third-order valence-electron chi connectivity index (χ3n) is 5.23. The second-order valence-electron chi connectivity index (χ2n) is 7.31. The van der Waals surface area contributed by atoms with Crippen LogP contribution in [0.25, 0.3) is 0 Å². The summed E-state index contributed by atoms with van der Waals surface area (Å²) in [5, 5.41) is 9.79. The smallest absolute Gasteiger partial charge is 0.416 e. The molecule has 2 heterocycles. The lowest BCUT2D eigenvalue weighted by Gasteiger charge is -2.24. The minimum atomic E-state index is -4.41. The van der Waals surface area contributed by atoms with Gasteiger partial charge in [-0.3, -0.25) is 9.89 Å². The molecule has 1 unspecified atom stereocenters. The van der Waals surface area contributed by atoms with Gasteiger partial charge in [0.2, 0.25) is 5.91 Å². The molecule has 2 aromatic carbocycles. The van der Waals surface area contributed by atoms with Crippen molar-refractivity contribution in [3.8, 4) is 11.5 Å². The Kier molecular flexibility index (Phi) is 5.34. The molecule has 0 saturated heterocycles. The number of rotatable bonds is 5. The number of fused-ring (bicyclic) bond motifs is 1. The number of carbonyl (C=O) groups excluding carboxylic acids is 1. The molecular formula is C22H20F3N3O3. The van der Waals surface area contributed by atoms with E-state index in [9.17, 15) is 18.0 Å². The van der Waals surface area contributed by atoms with Gasteiger partial charge in [0.25, 0.3) is 0 Å². The molecule has 0 fully saturated rings. The molecule has 0 bridgehead atoms. The van der Waals surface area contributed by atoms with Gasteiger partial charge in [-0.1, -0.05) is 18.2 Å². The van der Waals surface area contributed by atoms with E-state index in [1.807, 2.05) is 13.0 Å². The minimum Gasteiger partial charge on any atom is -0.493 e. The van der Waals surface area contributed by atoms with Crippen molar-refractivity contribution in [1.82, 2.24) is 10.2 Å². The van der Waals surface area contributed by atoms with E-state index in [0.29, 0.717) is 22.9 Å². The van der Waals surface area contributed by atoms with E-state index in [-0.39, 0.29) is 24.9 Å². The Morgan fingerprint density at radius 1 is 1.16 bits per heavy atom. The summed E-state index contributed by atoms with van der Waals surface area (Å²) in [7, 11) is 1.48. The molecule has 2 N–H and O–H groups in total. The van der Waals surface area contributed by atoms with Crippen LogP contribution in [0.2, 0.25) is 0 Å². The van der Waals surface area contributed by atoms with E-state index >= 15 is 0 Å². The summed E-state index contributed by atoms with van der Waals surface area (Å²) in [5.41, 5.74) is 2.30. The first-order chi connectivity index (χ1) is 14.8. The van der Waals surface area contributed by atoms with Crippen LogP contribution in [-0.4, -0.2) is 23.2 Å². The zero-order chi connectivity index (χ0) is 22.2. The van der Waals surface area contributed by atoms with Crippen LogP contribution in [0.1, 0.15) is 40.3 Å². The van der Waals surface area contributed by atoms with Crippen LogP contribution in [0.4, 0.5) is 19.0 Å². The topological polar surface area (TPSA) is 76.2 Å². The van der Waals surface area contributed by atoms with E-state index in [1.54, 1.807) is 18.2 Å². The molecule has 0 saturated carbocycles. The normalized spacial score (nSPS) is 15.9. The fourth-order valence-electron chi connectivity index (χ4n) is 3.73. The summed E-state index contributed by atoms with van der Waals surface area (Å²) in [5.74, 6) is 1.01. The van der Waals surface area contributed by atoms with Crippen LogP contribution >= 0.6 is 0 Å². The van der Waals surface area contributed by atoms with Crippen LogP contribution < -0.4 is 14.8 Å². The van der Waals surface area contributed by atoms with Crippen molar-refractivity contribution in [3.63, 3.8) is 0 Å². The van der Waals surface area contributed by atoms with Crippen molar-refractivity contribution >= 4 is 11.7 Å². The highest BCUT2D eigenvalue weighted by Crippen LogP contribution is 2.41. The van der Waals surface area contributed by atoms with Crippen molar-refractivity contribution in [3.05, 3.63) is 70.4 Å². The molecule has 4 rings (SSSR count). The number of aromatic amines is 1. The molecule has 1 aliphatic heterocycles. The molecule has 3 aromatic rings. The summed E-state index contributed by atoms with van der Waals surface area (Å²) < 4.78 is 49.9. The molecule has 1 aromatic heterocycles. The van der Waals surface area contributed by atoms with Crippen LogP contribution in [0.3, 0.4) is 0 Å². The molecule has 1 atom stereocenters. The number of hydrogen-bond donors (Lipinski definition) is 2. The number of carbonyl (C=O) groups is 1. The van der Waals surface area contributed by atoms with Crippen molar-refractivity contribution in [2.75, 3.05) is 12.4 Å². The molecule has 0 aliphatic carbocycles. The maximum absolute atomic E-state index is 12.9. The number of aryl methyl sites for hydroxylation is 1. The van der Waals surface area contributed by atoms with E-state index < -0.39 is 11.7 Å². The van der Waals surface area contributed by atoms with Gasteiger partial charge in [-0.25, -0.2) is 0 Å². The quantitative estimate of drug-likeness (QED) is 0.609. The first-order valence-corrected chi connectivity index (χ1v) is 9.58. The number of halogens is 3. The molecule has 31 heavy (non-hydrogen) atoms. The summed E-state index contributed by atoms with van der Waals surface area (Å²) in [6.07, 6.45) is -4.15. The highest BCUT2D eigenvalue weighted by molar-refractivity contribution is 5.94. The van der Waals surface area contributed by atoms with Crippen molar-refractivity contribution in [2.45, 2.75) is 32.0 Å². The highest BCUT2D eigenvalue weighted by atomic mass is 19.4. The standard InChI is InChI=1S/C22H20F3N3O3/c1-12-20-16(10-19(29)26-21(20)28-27-12)14-6-7-17(18(9-14)30-2)31-11-13-4-3-5-15(8-13)22(23,24)25/h3-9,16H,10-11H2,1-2H3,(H2,26,27,28,29). The molecule has 162 valence electrons. The van der Waals surface area contributed by atoms with Gasteiger partial charge in [0.15, 0.2) is 17.3 Å². The van der Waals surface area contributed by atoms with Crippen molar-refractivity contribution < 1.29 is 27.4 Å². The second-order valence-corrected chi connectivity index (χ2v) is 7.31. The molecule has 1 aliphatic rings. The lowest BCUT2D eigenvalue weighted by atomic mass is 9.85. The first-order valence-electron chi connectivity index (χ1n) is 9.58. The fourth-order valence-corrected chi connectivity index (χ4v) is 3.73. The predicted octanol–water partition coefficient (Wildman–Crippen LogP) is 4.80. The van der Waals surface area contributed by atoms with Gasteiger partial charge in [-0.2, -0.15) is 18.3 Å². The Balaban J connectivity index is 1.57. The van der Waals surface area contributed by atoms with Crippen LogP contribution in [0, 0.1) is 6.92 Å². The Hall–Kier alpha value is -3.49. The average Bonchev–Trinajstić information content (AvgIpc) is 3.11. The number of hydrogen-bond acceptors (Lipinski definition) is 4. The number of methoxy groups -OCH3 is 1. The Bertz CT molecular complexity index is 1120. The van der Waals surface area contributed by atoms with Gasteiger partial charge in [-0.05, 0) is 42.3 Å². The van der Waals surface area contributed by atoms with E-state index in [1.165, 1.54) is 13.2 Å².